The first kappa shape index (κ1) is 23.8. The Kier molecular flexibility index (Phi) is 6.91. The maximum Gasteiger partial charge on any atom is 0.319 e. The van der Waals surface area contributed by atoms with Crippen molar-refractivity contribution in [2.45, 2.75) is 52.5 Å². The summed E-state index contributed by atoms with van der Waals surface area (Å²) in [5.74, 6) is -0.322. The predicted molar refractivity (Wildman–Crippen MR) is 133 cm³/mol. The van der Waals surface area contributed by atoms with Gasteiger partial charge in [0.15, 0.2) is 0 Å². The lowest BCUT2D eigenvalue weighted by atomic mass is 9.84. The van der Waals surface area contributed by atoms with Crippen LogP contribution in [0.2, 0.25) is 0 Å². The smallest absolute Gasteiger partial charge is 0.319 e. The van der Waals surface area contributed by atoms with Crippen LogP contribution in [0.3, 0.4) is 0 Å². The number of carbonyl (C=O) groups excluding carboxylic acids is 3. The van der Waals surface area contributed by atoms with Gasteiger partial charge >= 0.3 is 6.03 Å². The second-order valence-corrected chi connectivity index (χ2v) is 10.2. The Morgan fingerprint density at radius 2 is 2.06 bits per heavy atom. The number of allylic oxidation sites excluding steroid dienone is 4. The van der Waals surface area contributed by atoms with Gasteiger partial charge in [0, 0.05) is 24.5 Å². The third kappa shape index (κ3) is 5.58. The SMILES string of the molecule is Cc1cccc(NC(=O)N[C@@H]2CC=C3CC=CC=C3N(CC(=O)N3CCCC(C)(C)C3)C2=O)c1. The molecule has 34 heavy (non-hydrogen) atoms. The van der Waals surface area contributed by atoms with Crippen LogP contribution in [0.25, 0.3) is 0 Å². The zero-order valence-electron chi connectivity index (χ0n) is 20.3. The summed E-state index contributed by atoms with van der Waals surface area (Å²) in [6.45, 7) is 7.68. The highest BCUT2D eigenvalue weighted by Crippen LogP contribution is 2.31. The van der Waals surface area contributed by atoms with Crippen LogP contribution in [0, 0.1) is 12.3 Å². The second kappa shape index (κ2) is 9.87. The number of piperidine rings is 1. The molecule has 1 aliphatic carbocycles. The van der Waals surface area contributed by atoms with Crippen molar-refractivity contribution in [3.8, 4) is 0 Å². The number of rotatable bonds is 4. The summed E-state index contributed by atoms with van der Waals surface area (Å²) in [7, 11) is 0. The summed E-state index contributed by atoms with van der Waals surface area (Å²) in [5, 5.41) is 5.63. The summed E-state index contributed by atoms with van der Waals surface area (Å²) >= 11 is 0. The first-order chi connectivity index (χ1) is 16.2. The lowest BCUT2D eigenvalue weighted by Crippen LogP contribution is -2.52. The molecule has 1 atom stereocenters. The topological polar surface area (TPSA) is 81.8 Å². The molecule has 2 heterocycles. The molecule has 2 aliphatic heterocycles. The van der Waals surface area contributed by atoms with E-state index in [9.17, 15) is 14.4 Å². The number of benzene rings is 1. The molecule has 0 unspecified atom stereocenters. The zero-order chi connectivity index (χ0) is 24.3. The number of fused-ring (bicyclic) bond motifs is 1. The van der Waals surface area contributed by atoms with Gasteiger partial charge in [-0.1, -0.05) is 44.2 Å². The van der Waals surface area contributed by atoms with Crippen LogP contribution in [0.4, 0.5) is 10.5 Å². The minimum Gasteiger partial charge on any atom is -0.341 e. The van der Waals surface area contributed by atoms with Crippen molar-refractivity contribution in [3.63, 3.8) is 0 Å². The largest absolute Gasteiger partial charge is 0.341 e. The number of aryl methyl sites for hydroxylation is 1. The van der Waals surface area contributed by atoms with E-state index in [4.69, 9.17) is 0 Å². The van der Waals surface area contributed by atoms with E-state index in [2.05, 4.69) is 24.5 Å². The first-order valence-electron chi connectivity index (χ1n) is 12.0. The van der Waals surface area contributed by atoms with E-state index in [1.54, 1.807) is 11.0 Å². The second-order valence-electron chi connectivity index (χ2n) is 10.2. The quantitative estimate of drug-likeness (QED) is 0.706. The molecule has 4 amide bonds. The first-order valence-corrected chi connectivity index (χ1v) is 12.0. The number of carbonyl (C=O) groups is 3. The monoisotopic (exact) mass is 462 g/mol. The lowest BCUT2D eigenvalue weighted by molar-refractivity contribution is -0.141. The Morgan fingerprint density at radius 3 is 2.82 bits per heavy atom. The summed E-state index contributed by atoms with van der Waals surface area (Å²) in [6, 6.07) is 6.29. The Labute approximate surface area is 201 Å². The predicted octanol–water partition coefficient (Wildman–Crippen LogP) is 4.14. The Balaban J connectivity index is 1.50. The van der Waals surface area contributed by atoms with Crippen LogP contribution < -0.4 is 10.6 Å². The van der Waals surface area contributed by atoms with E-state index in [0.717, 1.165) is 29.7 Å². The van der Waals surface area contributed by atoms with Gasteiger partial charge in [-0.3, -0.25) is 9.59 Å². The van der Waals surface area contributed by atoms with Gasteiger partial charge in [-0.25, -0.2) is 4.79 Å². The van der Waals surface area contributed by atoms with Crippen molar-refractivity contribution in [1.29, 1.82) is 0 Å². The highest BCUT2D eigenvalue weighted by Gasteiger charge is 2.36. The molecule has 0 saturated carbocycles. The number of hydrogen-bond acceptors (Lipinski definition) is 3. The van der Waals surface area contributed by atoms with Crippen LogP contribution in [0.1, 0.15) is 45.1 Å². The molecule has 7 nitrogen and oxygen atoms in total. The van der Waals surface area contributed by atoms with Crippen molar-refractivity contribution in [3.05, 3.63) is 65.4 Å². The maximum atomic E-state index is 13.6. The molecule has 0 aromatic heterocycles. The van der Waals surface area contributed by atoms with Crippen molar-refractivity contribution in [2.24, 2.45) is 5.41 Å². The summed E-state index contributed by atoms with van der Waals surface area (Å²) in [6.07, 6.45) is 11.0. The molecule has 0 spiro atoms. The highest BCUT2D eigenvalue weighted by atomic mass is 16.2. The van der Waals surface area contributed by atoms with Gasteiger partial charge in [-0.15, -0.1) is 0 Å². The van der Waals surface area contributed by atoms with Crippen LogP contribution in [-0.4, -0.2) is 53.3 Å². The molecule has 0 radical (unpaired) electrons. The zero-order valence-corrected chi connectivity index (χ0v) is 20.3. The molecule has 4 rings (SSSR count). The van der Waals surface area contributed by atoms with Gasteiger partial charge in [-0.2, -0.15) is 0 Å². The standard InChI is InChI=1S/C27H34N4O3/c1-19-8-6-10-21(16-19)28-26(34)29-22-13-12-20-9-4-5-11-23(20)31(25(22)33)17-24(32)30-15-7-14-27(2,3)18-30/h4-6,8,10-12,16,22H,7,9,13-15,17-18H2,1-3H3,(H2,28,29,34)/t22-/m1/s1. The molecule has 1 aromatic rings. The van der Waals surface area contributed by atoms with Crippen molar-refractivity contribution in [2.75, 3.05) is 25.0 Å². The van der Waals surface area contributed by atoms with Gasteiger partial charge in [0.05, 0.1) is 0 Å². The number of hydrogen-bond donors (Lipinski definition) is 2. The normalized spacial score (nSPS) is 21.7. The van der Waals surface area contributed by atoms with Gasteiger partial charge in [0.2, 0.25) is 11.8 Å². The summed E-state index contributed by atoms with van der Waals surface area (Å²) in [5.41, 5.74) is 3.53. The van der Waals surface area contributed by atoms with Crippen LogP contribution in [0.15, 0.2) is 59.8 Å². The van der Waals surface area contributed by atoms with Crippen LogP contribution in [-0.2, 0) is 9.59 Å². The molecule has 180 valence electrons. The van der Waals surface area contributed by atoms with E-state index in [1.165, 1.54) is 0 Å². The number of likely N-dealkylation sites (tertiary alicyclic amines) is 1. The van der Waals surface area contributed by atoms with Gasteiger partial charge < -0.3 is 20.4 Å². The molecule has 0 bridgehead atoms. The average Bonchev–Trinajstić information content (AvgIpc) is 2.91. The van der Waals surface area contributed by atoms with Gasteiger partial charge in [0.25, 0.3) is 0 Å². The number of anilines is 1. The van der Waals surface area contributed by atoms with Gasteiger partial charge in [-0.05, 0) is 67.4 Å². The third-order valence-electron chi connectivity index (χ3n) is 6.64. The van der Waals surface area contributed by atoms with Crippen molar-refractivity contribution >= 4 is 23.5 Å². The number of nitrogens with zero attached hydrogens (tertiary/aromatic N) is 2. The van der Waals surface area contributed by atoms with E-state index >= 15 is 0 Å². The molecule has 2 N–H and O–H groups in total. The fourth-order valence-corrected chi connectivity index (χ4v) is 4.89. The van der Waals surface area contributed by atoms with E-state index in [0.29, 0.717) is 31.6 Å². The Morgan fingerprint density at radius 1 is 1.24 bits per heavy atom. The molecular formula is C27H34N4O3. The summed E-state index contributed by atoms with van der Waals surface area (Å²) in [4.78, 5) is 43.0. The molecular weight excluding hydrogens is 428 g/mol. The fraction of sp³-hybridized carbons (Fsp3) is 0.444. The van der Waals surface area contributed by atoms with Gasteiger partial charge in [0.1, 0.15) is 12.6 Å². The lowest BCUT2D eigenvalue weighted by Gasteiger charge is -2.39. The summed E-state index contributed by atoms with van der Waals surface area (Å²) < 4.78 is 0. The number of urea groups is 1. The molecule has 1 saturated heterocycles. The van der Waals surface area contributed by atoms with E-state index < -0.39 is 12.1 Å². The number of amides is 4. The highest BCUT2D eigenvalue weighted by molar-refractivity contribution is 5.96. The molecule has 1 aromatic carbocycles. The molecule has 7 heteroatoms. The maximum absolute atomic E-state index is 13.6. The van der Waals surface area contributed by atoms with Crippen molar-refractivity contribution < 1.29 is 14.4 Å². The average molecular weight is 463 g/mol. The fourth-order valence-electron chi connectivity index (χ4n) is 4.89. The Hall–Kier alpha value is -3.35. The van der Waals surface area contributed by atoms with Crippen LogP contribution in [0.5, 0.6) is 0 Å². The van der Waals surface area contributed by atoms with Crippen molar-refractivity contribution in [1.82, 2.24) is 15.1 Å². The Bertz CT molecular complexity index is 1070. The van der Waals surface area contributed by atoms with E-state index in [1.807, 2.05) is 54.3 Å². The van der Waals surface area contributed by atoms with Crippen LogP contribution >= 0.6 is 0 Å². The minimum absolute atomic E-state index is 0.0242. The number of nitrogens with one attached hydrogen (secondary N) is 2. The minimum atomic E-state index is -0.755. The van der Waals surface area contributed by atoms with E-state index in [-0.39, 0.29) is 23.8 Å². The molecule has 3 aliphatic rings. The third-order valence-corrected chi connectivity index (χ3v) is 6.64. The molecule has 1 fully saturated rings.